The minimum absolute atomic E-state index is 0.0652. The molecule has 2 aromatic heterocycles. The maximum Gasteiger partial charge on any atom is 0.347 e. The number of furan rings is 1. The average Bonchev–Trinajstić information content (AvgIpc) is 3.02. The van der Waals surface area contributed by atoms with Crippen molar-refractivity contribution in [3.63, 3.8) is 0 Å². The van der Waals surface area contributed by atoms with E-state index in [0.29, 0.717) is 34.0 Å². The molecule has 7 nitrogen and oxygen atoms in total. The van der Waals surface area contributed by atoms with Crippen LogP contribution in [-0.2, 0) is 9.47 Å². The van der Waals surface area contributed by atoms with Gasteiger partial charge < -0.3 is 27.8 Å². The first-order valence-electron chi connectivity index (χ1n) is 7.54. The van der Waals surface area contributed by atoms with Crippen molar-refractivity contribution in [2.45, 2.75) is 6.92 Å². The second-order valence-electron chi connectivity index (χ2n) is 5.30. The molecule has 2 heterocycles. The van der Waals surface area contributed by atoms with E-state index in [1.54, 1.807) is 37.3 Å². The molecule has 0 aliphatic heterocycles. The van der Waals surface area contributed by atoms with Crippen LogP contribution in [-0.4, -0.2) is 27.8 Å². The van der Waals surface area contributed by atoms with E-state index in [-0.39, 0.29) is 13.6 Å². The van der Waals surface area contributed by atoms with Crippen molar-refractivity contribution >= 4 is 11.0 Å². The van der Waals surface area contributed by atoms with Crippen molar-refractivity contribution in [1.29, 1.82) is 0 Å². The first-order valence-corrected chi connectivity index (χ1v) is 7.54. The molecule has 0 aliphatic rings. The van der Waals surface area contributed by atoms with Gasteiger partial charge in [-0.05, 0) is 31.2 Å². The van der Waals surface area contributed by atoms with Crippen LogP contribution in [0.2, 0.25) is 0 Å². The van der Waals surface area contributed by atoms with E-state index < -0.39 is 5.63 Å². The summed E-state index contributed by atoms with van der Waals surface area (Å²) in [6.07, 6.45) is 0. The first-order chi connectivity index (χ1) is 12.1. The van der Waals surface area contributed by atoms with E-state index in [9.17, 15) is 4.79 Å². The lowest BCUT2D eigenvalue weighted by molar-refractivity contribution is 0.0323. The van der Waals surface area contributed by atoms with E-state index in [2.05, 4.69) is 0 Å². The number of fused-ring (bicyclic) bond motifs is 1. The summed E-state index contributed by atoms with van der Waals surface area (Å²) in [5.74, 6) is 1.99. The SMILES string of the molecule is COCOc1ccc(-c2cc3c(=O)oc(C)cc3o2)cc1OCOC. The summed E-state index contributed by atoms with van der Waals surface area (Å²) < 4.78 is 31.7. The molecule has 0 atom stereocenters. The van der Waals surface area contributed by atoms with Gasteiger partial charge in [0.05, 0.1) is 0 Å². The lowest BCUT2D eigenvalue weighted by Gasteiger charge is -2.12. The zero-order valence-corrected chi connectivity index (χ0v) is 14.2. The predicted molar refractivity (Wildman–Crippen MR) is 89.9 cm³/mol. The summed E-state index contributed by atoms with van der Waals surface area (Å²) in [5.41, 5.74) is 0.771. The molecule has 132 valence electrons. The van der Waals surface area contributed by atoms with Gasteiger partial charge in [0, 0.05) is 25.8 Å². The fraction of sp³-hybridized carbons (Fsp3) is 0.278. The topological polar surface area (TPSA) is 80.3 Å². The van der Waals surface area contributed by atoms with Gasteiger partial charge in [0.2, 0.25) is 0 Å². The normalized spacial score (nSPS) is 11.0. The fourth-order valence-electron chi connectivity index (χ4n) is 2.37. The van der Waals surface area contributed by atoms with Gasteiger partial charge in [-0.25, -0.2) is 4.79 Å². The highest BCUT2D eigenvalue weighted by atomic mass is 16.7. The van der Waals surface area contributed by atoms with Crippen LogP contribution >= 0.6 is 0 Å². The second kappa shape index (κ2) is 7.42. The zero-order chi connectivity index (χ0) is 17.8. The third-order valence-electron chi connectivity index (χ3n) is 3.46. The summed E-state index contributed by atoms with van der Waals surface area (Å²) in [4.78, 5) is 11.9. The maximum atomic E-state index is 11.9. The Bertz CT molecular complexity index is 923. The number of benzene rings is 1. The molecule has 3 aromatic rings. The smallest absolute Gasteiger partial charge is 0.347 e. The van der Waals surface area contributed by atoms with Crippen LogP contribution < -0.4 is 15.1 Å². The van der Waals surface area contributed by atoms with Crippen LogP contribution in [0.25, 0.3) is 22.3 Å². The van der Waals surface area contributed by atoms with Crippen molar-refractivity contribution in [3.05, 3.63) is 46.5 Å². The highest BCUT2D eigenvalue weighted by Gasteiger charge is 2.14. The highest BCUT2D eigenvalue weighted by Crippen LogP contribution is 2.34. The van der Waals surface area contributed by atoms with Crippen molar-refractivity contribution in [3.8, 4) is 22.8 Å². The van der Waals surface area contributed by atoms with Crippen molar-refractivity contribution in [1.82, 2.24) is 0 Å². The summed E-state index contributed by atoms with van der Waals surface area (Å²) >= 11 is 0. The Labute approximate surface area is 143 Å². The molecule has 0 saturated carbocycles. The number of aryl methyl sites for hydroxylation is 1. The molecule has 7 heteroatoms. The summed E-state index contributed by atoms with van der Waals surface area (Å²) in [6.45, 7) is 1.85. The van der Waals surface area contributed by atoms with E-state index >= 15 is 0 Å². The van der Waals surface area contributed by atoms with Crippen LogP contribution in [0.5, 0.6) is 11.5 Å². The Balaban J connectivity index is 2.01. The van der Waals surface area contributed by atoms with Gasteiger partial charge in [0.25, 0.3) is 0 Å². The molecule has 1 aromatic carbocycles. The van der Waals surface area contributed by atoms with Crippen molar-refractivity contribution in [2.24, 2.45) is 0 Å². The van der Waals surface area contributed by atoms with Crippen molar-refractivity contribution < 1.29 is 27.8 Å². The Kier molecular flexibility index (Phi) is 5.06. The minimum atomic E-state index is -0.430. The summed E-state index contributed by atoms with van der Waals surface area (Å²) in [6, 6.07) is 8.61. The predicted octanol–water partition coefficient (Wildman–Crippen LogP) is 3.33. The monoisotopic (exact) mass is 346 g/mol. The Morgan fingerprint density at radius 2 is 1.64 bits per heavy atom. The van der Waals surface area contributed by atoms with Crippen LogP contribution in [0.3, 0.4) is 0 Å². The number of methoxy groups -OCH3 is 2. The average molecular weight is 346 g/mol. The molecule has 0 unspecified atom stereocenters. The van der Waals surface area contributed by atoms with E-state index in [1.165, 1.54) is 14.2 Å². The minimum Gasteiger partial charge on any atom is -0.464 e. The summed E-state index contributed by atoms with van der Waals surface area (Å²) in [7, 11) is 3.06. The second-order valence-corrected chi connectivity index (χ2v) is 5.30. The van der Waals surface area contributed by atoms with Gasteiger partial charge >= 0.3 is 5.63 Å². The van der Waals surface area contributed by atoms with Crippen molar-refractivity contribution in [2.75, 3.05) is 27.8 Å². The Morgan fingerprint density at radius 3 is 2.36 bits per heavy atom. The quantitative estimate of drug-likeness (QED) is 0.607. The van der Waals surface area contributed by atoms with Gasteiger partial charge in [-0.1, -0.05) is 0 Å². The highest BCUT2D eigenvalue weighted by molar-refractivity contribution is 5.82. The molecule has 0 amide bonds. The van der Waals surface area contributed by atoms with Gasteiger partial charge in [-0.2, -0.15) is 0 Å². The molecule has 0 radical (unpaired) electrons. The molecule has 0 spiro atoms. The standard InChI is InChI=1S/C18H18O7/c1-11-6-16-13(18(19)24-11)8-15(25-16)12-4-5-14(22-9-20-2)17(7-12)23-10-21-3/h4-8H,9-10H2,1-3H3. The molecule has 25 heavy (non-hydrogen) atoms. The van der Waals surface area contributed by atoms with Gasteiger partial charge in [0.15, 0.2) is 25.1 Å². The Hall–Kier alpha value is -2.77. The third-order valence-corrected chi connectivity index (χ3v) is 3.46. The largest absolute Gasteiger partial charge is 0.464 e. The number of rotatable bonds is 7. The lowest BCUT2D eigenvalue weighted by Crippen LogP contribution is -2.04. The van der Waals surface area contributed by atoms with E-state index in [0.717, 1.165) is 5.56 Å². The van der Waals surface area contributed by atoms with E-state index in [1.807, 2.05) is 0 Å². The molecular formula is C18H18O7. The number of hydrogen-bond acceptors (Lipinski definition) is 7. The fourth-order valence-corrected chi connectivity index (χ4v) is 2.37. The van der Waals surface area contributed by atoms with Crippen LogP contribution in [0.4, 0.5) is 0 Å². The molecule has 0 bridgehead atoms. The molecule has 0 N–H and O–H groups in total. The van der Waals surface area contributed by atoms with E-state index in [4.69, 9.17) is 27.8 Å². The number of hydrogen-bond donors (Lipinski definition) is 0. The molecule has 3 rings (SSSR count). The first kappa shape index (κ1) is 17.1. The molecule has 0 saturated heterocycles. The maximum absolute atomic E-state index is 11.9. The Morgan fingerprint density at radius 1 is 0.920 bits per heavy atom. The van der Waals surface area contributed by atoms with Gasteiger partial charge in [-0.15, -0.1) is 0 Å². The molecule has 0 aliphatic carbocycles. The van der Waals surface area contributed by atoms with Gasteiger partial charge in [0.1, 0.15) is 22.5 Å². The summed E-state index contributed by atoms with van der Waals surface area (Å²) in [5, 5.41) is 0.389. The number of ether oxygens (including phenoxy) is 4. The van der Waals surface area contributed by atoms with Crippen LogP contribution in [0, 0.1) is 6.92 Å². The lowest BCUT2D eigenvalue weighted by atomic mass is 10.1. The zero-order valence-electron chi connectivity index (χ0n) is 14.2. The van der Waals surface area contributed by atoms with Crippen LogP contribution in [0.1, 0.15) is 5.76 Å². The molecular weight excluding hydrogens is 328 g/mol. The van der Waals surface area contributed by atoms with Crippen LogP contribution in [0.15, 0.2) is 44.0 Å². The van der Waals surface area contributed by atoms with Gasteiger partial charge in [-0.3, -0.25) is 0 Å². The third kappa shape index (κ3) is 3.67. The molecule has 0 fully saturated rings.